The van der Waals surface area contributed by atoms with Crippen LogP contribution in [0.3, 0.4) is 0 Å². The van der Waals surface area contributed by atoms with E-state index in [9.17, 15) is 9.90 Å². The average Bonchev–Trinajstić information content (AvgIpc) is 2.92. The van der Waals surface area contributed by atoms with Crippen LogP contribution in [-0.2, 0) is 24.4 Å². The van der Waals surface area contributed by atoms with Gasteiger partial charge in [0.15, 0.2) is 0 Å². The molecule has 2 heterocycles. The Kier molecular flexibility index (Phi) is 4.27. The van der Waals surface area contributed by atoms with Crippen molar-refractivity contribution in [2.24, 2.45) is 0 Å². The lowest BCUT2D eigenvalue weighted by Crippen LogP contribution is -2.42. The van der Waals surface area contributed by atoms with E-state index in [-0.39, 0.29) is 18.6 Å². The number of amides is 1. The molecule has 0 saturated heterocycles. The molecule has 130 valence electrons. The Bertz CT molecular complexity index is 824. The highest BCUT2D eigenvalue weighted by Gasteiger charge is 2.31. The second-order valence-corrected chi connectivity index (χ2v) is 6.85. The Morgan fingerprint density at radius 3 is 3.00 bits per heavy atom. The van der Waals surface area contributed by atoms with Crippen molar-refractivity contribution in [1.29, 1.82) is 0 Å². The normalized spacial score (nSPS) is 18.6. The number of carbonyl (C=O) groups excluding carboxylic acids is 1. The van der Waals surface area contributed by atoms with Crippen molar-refractivity contribution in [2.45, 2.75) is 25.6 Å². The average molecular weight is 359 g/mol. The summed E-state index contributed by atoms with van der Waals surface area (Å²) < 4.78 is 5.76. The molecule has 0 aromatic heterocycles. The third kappa shape index (κ3) is 3.17. The zero-order valence-electron chi connectivity index (χ0n) is 13.7. The Hall–Kier alpha value is -2.24. The summed E-state index contributed by atoms with van der Waals surface area (Å²) in [4.78, 5) is 14.8. The number of aliphatic hydroxyl groups excluding tert-OH is 1. The third-order valence-corrected chi connectivity index (χ3v) is 4.95. The van der Waals surface area contributed by atoms with E-state index in [2.05, 4.69) is 5.32 Å². The monoisotopic (exact) mass is 358 g/mol. The first-order valence-electron chi connectivity index (χ1n) is 8.33. The van der Waals surface area contributed by atoms with E-state index in [1.165, 1.54) is 0 Å². The topological polar surface area (TPSA) is 61.8 Å². The second kappa shape index (κ2) is 6.58. The molecule has 4 rings (SSSR count). The van der Waals surface area contributed by atoms with Crippen LogP contribution < -0.4 is 10.1 Å². The molecule has 1 amide bonds. The maximum atomic E-state index is 13.0. The van der Waals surface area contributed by atoms with Gasteiger partial charge in [0.25, 0.3) is 0 Å². The Morgan fingerprint density at radius 1 is 1.28 bits per heavy atom. The van der Waals surface area contributed by atoms with Gasteiger partial charge in [-0.05, 0) is 41.5 Å². The van der Waals surface area contributed by atoms with Gasteiger partial charge in [-0.1, -0.05) is 17.7 Å². The molecule has 0 bridgehead atoms. The fourth-order valence-electron chi connectivity index (χ4n) is 3.43. The second-order valence-electron chi connectivity index (χ2n) is 6.41. The highest BCUT2D eigenvalue weighted by molar-refractivity contribution is 6.30. The van der Waals surface area contributed by atoms with Crippen LogP contribution in [0.25, 0.3) is 0 Å². The molecule has 0 fully saturated rings. The molecule has 1 atom stereocenters. The molecule has 0 saturated carbocycles. The molecule has 0 unspecified atom stereocenters. The zero-order valence-corrected chi connectivity index (χ0v) is 14.4. The van der Waals surface area contributed by atoms with Crippen LogP contribution >= 0.6 is 11.6 Å². The number of benzene rings is 2. The quantitative estimate of drug-likeness (QED) is 0.866. The van der Waals surface area contributed by atoms with Crippen molar-refractivity contribution in [1.82, 2.24) is 4.90 Å². The van der Waals surface area contributed by atoms with Crippen LogP contribution in [0.15, 0.2) is 36.4 Å². The molecule has 25 heavy (non-hydrogen) atoms. The lowest BCUT2D eigenvalue weighted by Gasteiger charge is -2.23. The molecule has 2 aromatic rings. The maximum Gasteiger partial charge on any atom is 0.245 e. The van der Waals surface area contributed by atoms with Gasteiger partial charge in [0.05, 0.1) is 13.2 Å². The van der Waals surface area contributed by atoms with Gasteiger partial charge in [-0.2, -0.15) is 0 Å². The summed E-state index contributed by atoms with van der Waals surface area (Å²) in [6.45, 7) is 1.46. The highest BCUT2D eigenvalue weighted by atomic mass is 35.5. The fraction of sp³-hybridized carbons (Fsp3) is 0.316. The van der Waals surface area contributed by atoms with Crippen LogP contribution in [0.1, 0.15) is 16.7 Å². The minimum atomic E-state index is -0.281. The van der Waals surface area contributed by atoms with Crippen LogP contribution in [0, 0.1) is 0 Å². The summed E-state index contributed by atoms with van der Waals surface area (Å²) in [6, 6.07) is 11.0. The van der Waals surface area contributed by atoms with E-state index in [0.29, 0.717) is 31.1 Å². The number of fused-ring (bicyclic) bond motifs is 2. The van der Waals surface area contributed by atoms with Crippen molar-refractivity contribution in [3.63, 3.8) is 0 Å². The lowest BCUT2D eigenvalue weighted by molar-refractivity contribution is -0.132. The van der Waals surface area contributed by atoms with Gasteiger partial charge in [-0.3, -0.25) is 4.79 Å². The number of carbonyl (C=O) groups is 1. The molecule has 0 radical (unpaired) electrons. The number of ether oxygens (including phenoxy) is 1. The van der Waals surface area contributed by atoms with Gasteiger partial charge >= 0.3 is 0 Å². The first-order chi connectivity index (χ1) is 12.1. The van der Waals surface area contributed by atoms with E-state index in [4.69, 9.17) is 16.3 Å². The van der Waals surface area contributed by atoms with Crippen molar-refractivity contribution in [3.8, 4) is 5.75 Å². The number of nitrogens with one attached hydrogen (secondary N) is 1. The van der Waals surface area contributed by atoms with Gasteiger partial charge in [-0.25, -0.2) is 0 Å². The number of rotatable bonds is 2. The number of hydrogen-bond acceptors (Lipinski definition) is 4. The lowest BCUT2D eigenvalue weighted by atomic mass is 10.1. The SMILES string of the molecule is O=C([C@@H]1Cc2cc(Cl)ccc2N1)N1CCOc2ccc(CO)cc2C1. The Morgan fingerprint density at radius 2 is 2.16 bits per heavy atom. The Labute approximate surface area is 151 Å². The van der Waals surface area contributed by atoms with Gasteiger partial charge in [0, 0.05) is 29.2 Å². The van der Waals surface area contributed by atoms with E-state index in [1.54, 1.807) is 0 Å². The van der Waals surface area contributed by atoms with Crippen LogP contribution in [-0.4, -0.2) is 35.1 Å². The van der Waals surface area contributed by atoms with E-state index < -0.39 is 0 Å². The molecule has 2 aliphatic heterocycles. The first-order valence-corrected chi connectivity index (χ1v) is 8.71. The minimum Gasteiger partial charge on any atom is -0.491 e. The Balaban J connectivity index is 1.53. The predicted molar refractivity (Wildman–Crippen MR) is 95.8 cm³/mol. The number of aliphatic hydroxyl groups is 1. The van der Waals surface area contributed by atoms with Crippen molar-refractivity contribution in [3.05, 3.63) is 58.1 Å². The van der Waals surface area contributed by atoms with Gasteiger partial charge in [0.1, 0.15) is 18.4 Å². The smallest absolute Gasteiger partial charge is 0.245 e. The van der Waals surface area contributed by atoms with Crippen LogP contribution in [0.4, 0.5) is 5.69 Å². The highest BCUT2D eigenvalue weighted by Crippen LogP contribution is 2.30. The third-order valence-electron chi connectivity index (χ3n) is 4.72. The standard InChI is InChI=1S/C19H19ClN2O3/c20-15-2-3-16-13(8-15)9-17(21-16)19(24)22-5-6-25-18-4-1-12(11-23)7-14(18)10-22/h1-4,7-8,17,21,23H,5-6,9-11H2/t17-/m0/s1. The van der Waals surface area contributed by atoms with E-state index in [1.807, 2.05) is 41.3 Å². The summed E-state index contributed by atoms with van der Waals surface area (Å²) in [7, 11) is 0. The number of anilines is 1. The van der Waals surface area contributed by atoms with Crippen molar-refractivity contribution >= 4 is 23.2 Å². The number of nitrogens with zero attached hydrogens (tertiary/aromatic N) is 1. The summed E-state index contributed by atoms with van der Waals surface area (Å²) in [5.74, 6) is 0.833. The fourth-order valence-corrected chi connectivity index (χ4v) is 3.63. The molecule has 5 nitrogen and oxygen atoms in total. The maximum absolute atomic E-state index is 13.0. The summed E-state index contributed by atoms with van der Waals surface area (Å²) in [6.07, 6.45) is 0.635. The predicted octanol–water partition coefficient (Wildman–Crippen LogP) is 2.59. The number of hydrogen-bond donors (Lipinski definition) is 2. The number of halogens is 1. The molecule has 0 spiro atoms. The zero-order chi connectivity index (χ0) is 17.4. The molecule has 2 aromatic carbocycles. The minimum absolute atomic E-state index is 0.0263. The molecule has 2 aliphatic rings. The largest absolute Gasteiger partial charge is 0.491 e. The first kappa shape index (κ1) is 16.2. The van der Waals surface area contributed by atoms with Crippen molar-refractivity contribution < 1.29 is 14.6 Å². The summed E-state index contributed by atoms with van der Waals surface area (Å²) in [5, 5.41) is 13.3. The summed E-state index contributed by atoms with van der Waals surface area (Å²) >= 11 is 6.05. The molecule has 6 heteroatoms. The van der Waals surface area contributed by atoms with E-state index >= 15 is 0 Å². The molecule has 2 N–H and O–H groups in total. The van der Waals surface area contributed by atoms with Crippen LogP contribution in [0.5, 0.6) is 5.75 Å². The molecular formula is C19H19ClN2O3. The van der Waals surface area contributed by atoms with E-state index in [0.717, 1.165) is 28.1 Å². The van der Waals surface area contributed by atoms with Gasteiger partial charge in [0.2, 0.25) is 5.91 Å². The van der Waals surface area contributed by atoms with Gasteiger partial charge < -0.3 is 20.1 Å². The van der Waals surface area contributed by atoms with Crippen LogP contribution in [0.2, 0.25) is 5.02 Å². The molecular weight excluding hydrogens is 340 g/mol. The molecule has 0 aliphatic carbocycles. The van der Waals surface area contributed by atoms with Crippen molar-refractivity contribution in [2.75, 3.05) is 18.5 Å². The summed E-state index contributed by atoms with van der Waals surface area (Å²) in [5.41, 5.74) is 3.78. The van der Waals surface area contributed by atoms with Gasteiger partial charge in [-0.15, -0.1) is 0 Å².